The maximum atomic E-state index is 12.5. The topological polar surface area (TPSA) is 75.6 Å². The molecule has 1 amide bonds. The summed E-state index contributed by atoms with van der Waals surface area (Å²) in [4.78, 5) is 24.5. The minimum absolute atomic E-state index is 0.0333. The average molecular weight is 513 g/mol. The molecule has 0 unspecified atom stereocenters. The average Bonchev–Trinajstić information content (AvgIpc) is 3.07. The third-order valence-electron chi connectivity index (χ3n) is 5.29. The van der Waals surface area contributed by atoms with Gasteiger partial charge in [-0.2, -0.15) is 0 Å². The zero-order valence-electron chi connectivity index (χ0n) is 16.0. The van der Waals surface area contributed by atoms with Gasteiger partial charge in [-0.25, -0.2) is 4.79 Å². The van der Waals surface area contributed by atoms with Crippen LogP contribution in [0, 0.1) is 0 Å². The first-order valence-electron chi connectivity index (χ1n) is 9.61. The summed E-state index contributed by atoms with van der Waals surface area (Å²) in [7, 11) is 0. The molecule has 0 spiro atoms. The van der Waals surface area contributed by atoms with Gasteiger partial charge < -0.3 is 15.2 Å². The van der Waals surface area contributed by atoms with E-state index in [1.807, 2.05) is 24.3 Å². The number of fused-ring (bicyclic) bond motifs is 3. The maximum Gasteiger partial charge on any atom is 0.407 e. The first-order valence-corrected chi connectivity index (χ1v) is 10.7. The number of benzene rings is 3. The highest BCUT2D eigenvalue weighted by Crippen LogP contribution is 2.44. The van der Waals surface area contributed by atoms with Gasteiger partial charge in [-0.3, -0.25) is 4.79 Å². The smallest absolute Gasteiger partial charge is 0.407 e. The summed E-state index contributed by atoms with van der Waals surface area (Å²) >= 11 is 1.68. The van der Waals surface area contributed by atoms with E-state index in [2.05, 4.69) is 29.6 Å². The number of halogens is 1. The van der Waals surface area contributed by atoms with Crippen LogP contribution in [0.4, 0.5) is 4.79 Å². The van der Waals surface area contributed by atoms with Crippen molar-refractivity contribution in [3.8, 4) is 16.9 Å². The lowest BCUT2D eigenvalue weighted by Crippen LogP contribution is -2.41. The number of amides is 1. The second-order valence-electron chi connectivity index (χ2n) is 7.20. The SMILES string of the molecule is O=C(N[C@@H](Cc1ccc(O)cc1)C(=O)I)OCC1c2ccccc2-c2ccccc21. The van der Waals surface area contributed by atoms with Crippen molar-refractivity contribution in [3.05, 3.63) is 89.5 Å². The van der Waals surface area contributed by atoms with E-state index in [0.29, 0.717) is 6.42 Å². The Morgan fingerprint density at radius 3 is 2.07 bits per heavy atom. The molecule has 3 aromatic rings. The van der Waals surface area contributed by atoms with Crippen molar-refractivity contribution in [2.75, 3.05) is 6.61 Å². The van der Waals surface area contributed by atoms with E-state index < -0.39 is 12.1 Å². The molecule has 0 fully saturated rings. The summed E-state index contributed by atoms with van der Waals surface area (Å²) in [6.07, 6.45) is -0.294. The highest BCUT2D eigenvalue weighted by atomic mass is 127. The standard InChI is InChI=1S/C24H20INO4/c25-23(28)22(13-15-9-11-16(27)12-10-15)26-24(29)30-14-21-19-7-3-1-5-17(19)18-6-2-4-8-20(18)21/h1-12,21-22,27H,13-14H2,(H,26,29)/t22-/m0/s1. The minimum atomic E-state index is -0.703. The molecule has 6 heteroatoms. The van der Waals surface area contributed by atoms with Crippen LogP contribution in [0.2, 0.25) is 0 Å². The predicted octanol–water partition coefficient (Wildman–Crippen LogP) is 4.80. The lowest BCUT2D eigenvalue weighted by Gasteiger charge is -2.18. The van der Waals surface area contributed by atoms with E-state index in [-0.39, 0.29) is 22.1 Å². The number of phenolic OH excluding ortho intramolecular Hbond substituents is 1. The molecular formula is C24H20INO4. The van der Waals surface area contributed by atoms with Crippen LogP contribution in [-0.2, 0) is 16.0 Å². The fourth-order valence-corrected chi connectivity index (χ4v) is 4.21. The molecule has 0 aliphatic heterocycles. The van der Waals surface area contributed by atoms with Crippen molar-refractivity contribution in [1.29, 1.82) is 0 Å². The Kier molecular flexibility index (Phi) is 6.03. The molecular weight excluding hydrogens is 493 g/mol. The van der Waals surface area contributed by atoms with Gasteiger partial charge in [-0.1, -0.05) is 60.7 Å². The maximum absolute atomic E-state index is 12.5. The molecule has 1 aliphatic rings. The number of hydrogen-bond acceptors (Lipinski definition) is 4. The Labute approximate surface area is 188 Å². The number of ether oxygens (including phenoxy) is 1. The molecule has 0 saturated carbocycles. The molecule has 0 heterocycles. The summed E-state index contributed by atoms with van der Waals surface area (Å²) in [5, 5.41) is 12.1. The Bertz CT molecular complexity index is 1040. The molecule has 0 aromatic heterocycles. The van der Waals surface area contributed by atoms with Gasteiger partial charge >= 0.3 is 6.09 Å². The van der Waals surface area contributed by atoms with Crippen LogP contribution in [0.15, 0.2) is 72.8 Å². The number of rotatable bonds is 6. The van der Waals surface area contributed by atoms with Crippen LogP contribution in [0.5, 0.6) is 5.75 Å². The number of aromatic hydroxyl groups is 1. The second-order valence-corrected chi connectivity index (χ2v) is 8.26. The largest absolute Gasteiger partial charge is 0.508 e. The van der Waals surface area contributed by atoms with E-state index in [4.69, 9.17) is 4.74 Å². The van der Waals surface area contributed by atoms with E-state index in [1.165, 1.54) is 0 Å². The van der Waals surface area contributed by atoms with Crippen molar-refractivity contribution in [3.63, 3.8) is 0 Å². The Morgan fingerprint density at radius 1 is 0.933 bits per heavy atom. The van der Waals surface area contributed by atoms with Crippen molar-refractivity contribution in [2.24, 2.45) is 0 Å². The van der Waals surface area contributed by atoms with Crippen LogP contribution in [0.1, 0.15) is 22.6 Å². The number of alkyl carbamates (subject to hydrolysis) is 1. The quantitative estimate of drug-likeness (QED) is 0.367. The number of phenols is 1. The Hall–Kier alpha value is -2.87. The lowest BCUT2D eigenvalue weighted by molar-refractivity contribution is -0.111. The van der Waals surface area contributed by atoms with E-state index >= 15 is 0 Å². The van der Waals surface area contributed by atoms with E-state index in [0.717, 1.165) is 27.8 Å². The molecule has 3 aromatic carbocycles. The van der Waals surface area contributed by atoms with Gasteiger partial charge in [0.15, 0.2) is 0 Å². The van der Waals surface area contributed by atoms with Gasteiger partial charge in [0.05, 0.1) is 0 Å². The minimum Gasteiger partial charge on any atom is -0.508 e. The third-order valence-corrected chi connectivity index (χ3v) is 6.04. The highest BCUT2D eigenvalue weighted by molar-refractivity contribution is 14.1. The van der Waals surface area contributed by atoms with Crippen LogP contribution in [0.3, 0.4) is 0 Å². The van der Waals surface area contributed by atoms with Gasteiger partial charge in [0.2, 0.25) is 3.79 Å². The summed E-state index contributed by atoms with van der Waals surface area (Å²) in [6.45, 7) is 0.196. The fourth-order valence-electron chi connectivity index (χ4n) is 3.84. The summed E-state index contributed by atoms with van der Waals surface area (Å²) in [5.41, 5.74) is 5.43. The van der Waals surface area contributed by atoms with E-state index in [9.17, 15) is 14.7 Å². The highest BCUT2D eigenvalue weighted by Gasteiger charge is 2.29. The van der Waals surface area contributed by atoms with Crippen molar-refractivity contribution >= 4 is 32.5 Å². The molecule has 0 bridgehead atoms. The second kappa shape index (κ2) is 8.87. The van der Waals surface area contributed by atoms with E-state index in [1.54, 1.807) is 46.9 Å². The van der Waals surface area contributed by atoms with Crippen LogP contribution in [0.25, 0.3) is 11.1 Å². The first kappa shape index (κ1) is 20.4. The molecule has 5 nitrogen and oxygen atoms in total. The molecule has 152 valence electrons. The van der Waals surface area contributed by atoms with Gasteiger partial charge in [0, 0.05) is 34.9 Å². The molecule has 1 atom stereocenters. The van der Waals surface area contributed by atoms with Gasteiger partial charge in [-0.05, 0) is 39.9 Å². The molecule has 1 aliphatic carbocycles. The number of carbonyl (C=O) groups is 2. The molecule has 0 saturated heterocycles. The molecule has 30 heavy (non-hydrogen) atoms. The van der Waals surface area contributed by atoms with Crippen LogP contribution in [-0.4, -0.2) is 27.6 Å². The van der Waals surface area contributed by atoms with Gasteiger partial charge in [0.25, 0.3) is 0 Å². The zero-order chi connectivity index (χ0) is 21.1. The van der Waals surface area contributed by atoms with Crippen LogP contribution < -0.4 is 5.32 Å². The number of nitrogens with one attached hydrogen (secondary N) is 1. The first-order chi connectivity index (χ1) is 14.5. The zero-order valence-corrected chi connectivity index (χ0v) is 18.2. The van der Waals surface area contributed by atoms with Crippen molar-refractivity contribution in [2.45, 2.75) is 18.4 Å². The molecule has 0 radical (unpaired) electrons. The number of hydrogen-bond donors (Lipinski definition) is 2. The monoisotopic (exact) mass is 513 g/mol. The fraction of sp³-hybridized carbons (Fsp3) is 0.167. The van der Waals surface area contributed by atoms with Crippen molar-refractivity contribution < 1.29 is 19.4 Å². The van der Waals surface area contributed by atoms with Crippen molar-refractivity contribution in [1.82, 2.24) is 5.32 Å². The Morgan fingerprint density at radius 2 is 1.50 bits per heavy atom. The number of carbonyl (C=O) groups excluding carboxylic acids is 2. The Balaban J connectivity index is 1.43. The summed E-state index contributed by atoms with van der Waals surface area (Å²) in [5.74, 6) is 0.120. The normalized spacial score (nSPS) is 13.2. The summed E-state index contributed by atoms with van der Waals surface area (Å²) < 4.78 is 5.35. The van der Waals surface area contributed by atoms with Crippen LogP contribution >= 0.6 is 22.6 Å². The predicted molar refractivity (Wildman–Crippen MR) is 123 cm³/mol. The van der Waals surface area contributed by atoms with Gasteiger partial charge in [-0.15, -0.1) is 0 Å². The summed E-state index contributed by atoms with van der Waals surface area (Å²) in [6, 6.07) is 22.1. The molecule has 4 rings (SSSR count). The molecule has 2 N–H and O–H groups in total. The lowest BCUT2D eigenvalue weighted by atomic mass is 9.98. The van der Waals surface area contributed by atoms with Gasteiger partial charge in [0.1, 0.15) is 18.4 Å². The third kappa shape index (κ3) is 4.33.